The summed E-state index contributed by atoms with van der Waals surface area (Å²) >= 11 is 0. The SMILES string of the molecule is CN1CCCC1CCOc1cccc(S(N)(=O)=O)c1N. The number of hydrogen-bond donors (Lipinski definition) is 2. The molecule has 1 atom stereocenters. The van der Waals surface area contributed by atoms with Gasteiger partial charge in [0.25, 0.3) is 0 Å². The van der Waals surface area contributed by atoms with Crippen LogP contribution in [0.1, 0.15) is 19.3 Å². The Morgan fingerprint density at radius 2 is 2.20 bits per heavy atom. The van der Waals surface area contributed by atoms with Crippen molar-refractivity contribution in [2.24, 2.45) is 5.14 Å². The number of hydrogen-bond acceptors (Lipinski definition) is 5. The fourth-order valence-electron chi connectivity index (χ4n) is 2.55. The van der Waals surface area contributed by atoms with Crippen LogP contribution in [0.15, 0.2) is 23.1 Å². The van der Waals surface area contributed by atoms with Crippen molar-refractivity contribution in [3.63, 3.8) is 0 Å². The molecule has 1 aliphatic heterocycles. The molecule has 1 aromatic carbocycles. The molecule has 1 fully saturated rings. The summed E-state index contributed by atoms with van der Waals surface area (Å²) in [5.74, 6) is 0.372. The fourth-order valence-corrected chi connectivity index (χ4v) is 3.22. The molecule has 4 N–H and O–H groups in total. The standard InChI is InChI=1S/C13H21N3O3S/c1-16-8-3-4-10(16)7-9-19-11-5-2-6-12(13(11)14)20(15,17)18/h2,5-6,10H,3-4,7-9,14H2,1H3,(H2,15,17,18). The summed E-state index contributed by atoms with van der Waals surface area (Å²) < 4.78 is 28.3. The van der Waals surface area contributed by atoms with E-state index in [1.165, 1.54) is 18.9 Å². The van der Waals surface area contributed by atoms with Crippen LogP contribution < -0.4 is 15.6 Å². The third kappa shape index (κ3) is 3.41. The molecular formula is C13H21N3O3S. The molecule has 0 aromatic heterocycles. The van der Waals surface area contributed by atoms with Crippen LogP contribution in [0, 0.1) is 0 Å². The second kappa shape index (κ2) is 5.99. The summed E-state index contributed by atoms with van der Waals surface area (Å²) in [6.07, 6.45) is 3.28. The van der Waals surface area contributed by atoms with Gasteiger partial charge in [0, 0.05) is 6.04 Å². The van der Waals surface area contributed by atoms with Crippen molar-refractivity contribution in [2.45, 2.75) is 30.2 Å². The third-order valence-corrected chi connectivity index (χ3v) is 4.68. The van der Waals surface area contributed by atoms with E-state index in [2.05, 4.69) is 11.9 Å². The minimum atomic E-state index is -3.82. The molecule has 0 saturated carbocycles. The van der Waals surface area contributed by atoms with Crippen LogP contribution in [0.25, 0.3) is 0 Å². The molecule has 1 saturated heterocycles. The zero-order valence-corrected chi connectivity index (χ0v) is 12.4. The van der Waals surface area contributed by atoms with Crippen molar-refractivity contribution in [3.8, 4) is 5.75 Å². The molecule has 2 rings (SSSR count). The van der Waals surface area contributed by atoms with Crippen LogP contribution in [-0.4, -0.2) is 39.6 Å². The van der Waals surface area contributed by atoms with Gasteiger partial charge >= 0.3 is 0 Å². The lowest BCUT2D eigenvalue weighted by Gasteiger charge is -2.19. The van der Waals surface area contributed by atoms with Crippen molar-refractivity contribution < 1.29 is 13.2 Å². The van der Waals surface area contributed by atoms with Crippen molar-refractivity contribution in [1.29, 1.82) is 0 Å². The van der Waals surface area contributed by atoms with Crippen LogP contribution in [0.4, 0.5) is 5.69 Å². The van der Waals surface area contributed by atoms with Crippen LogP contribution in [0.2, 0.25) is 0 Å². The summed E-state index contributed by atoms with van der Waals surface area (Å²) in [6.45, 7) is 1.63. The first-order chi connectivity index (χ1) is 9.39. The highest BCUT2D eigenvalue weighted by molar-refractivity contribution is 7.89. The number of benzene rings is 1. The molecule has 0 spiro atoms. The highest BCUT2D eigenvalue weighted by Gasteiger charge is 2.21. The lowest BCUT2D eigenvalue weighted by molar-refractivity contribution is 0.234. The maximum absolute atomic E-state index is 11.4. The zero-order valence-electron chi connectivity index (χ0n) is 11.6. The highest BCUT2D eigenvalue weighted by Crippen LogP contribution is 2.28. The van der Waals surface area contributed by atoms with Crippen LogP contribution in [-0.2, 0) is 10.0 Å². The minimum Gasteiger partial charge on any atom is -0.491 e. The Balaban J connectivity index is 2.00. The van der Waals surface area contributed by atoms with Crippen molar-refractivity contribution >= 4 is 15.7 Å². The number of para-hydroxylation sites is 1. The Morgan fingerprint density at radius 1 is 1.45 bits per heavy atom. The Bertz CT molecular complexity index is 574. The molecule has 0 aliphatic carbocycles. The largest absolute Gasteiger partial charge is 0.491 e. The number of primary sulfonamides is 1. The Hall–Kier alpha value is -1.31. The lowest BCUT2D eigenvalue weighted by atomic mass is 10.1. The van der Waals surface area contributed by atoms with Gasteiger partial charge in [0.2, 0.25) is 10.0 Å². The zero-order chi connectivity index (χ0) is 14.8. The average Bonchev–Trinajstić information content (AvgIpc) is 2.76. The Morgan fingerprint density at radius 3 is 2.80 bits per heavy atom. The van der Waals surface area contributed by atoms with E-state index in [4.69, 9.17) is 15.6 Å². The molecule has 7 heteroatoms. The predicted octanol–water partition coefficient (Wildman–Crippen LogP) is 0.779. The number of likely N-dealkylation sites (tertiary alicyclic amines) is 1. The van der Waals surface area contributed by atoms with Crippen LogP contribution in [0.3, 0.4) is 0 Å². The fraction of sp³-hybridized carbons (Fsp3) is 0.538. The number of anilines is 1. The molecule has 112 valence electrons. The van der Waals surface area contributed by atoms with Crippen LogP contribution >= 0.6 is 0 Å². The molecule has 1 aromatic rings. The maximum Gasteiger partial charge on any atom is 0.240 e. The second-order valence-corrected chi connectivity index (χ2v) is 6.66. The topological polar surface area (TPSA) is 98.6 Å². The molecule has 0 bridgehead atoms. The number of nitrogens with two attached hydrogens (primary N) is 2. The first-order valence-corrected chi connectivity index (χ1v) is 8.18. The number of ether oxygens (including phenoxy) is 1. The molecule has 0 amide bonds. The van der Waals surface area contributed by atoms with Gasteiger partial charge in [0.1, 0.15) is 10.6 Å². The number of nitrogen functional groups attached to an aromatic ring is 1. The van der Waals surface area contributed by atoms with E-state index in [0.717, 1.165) is 13.0 Å². The molecule has 20 heavy (non-hydrogen) atoms. The van der Waals surface area contributed by atoms with Gasteiger partial charge in [-0.15, -0.1) is 0 Å². The summed E-state index contributed by atoms with van der Waals surface area (Å²) in [7, 11) is -1.71. The first-order valence-electron chi connectivity index (χ1n) is 6.64. The van der Waals surface area contributed by atoms with Gasteiger partial charge in [-0.3, -0.25) is 0 Å². The molecular weight excluding hydrogens is 278 g/mol. The predicted molar refractivity (Wildman–Crippen MR) is 78.0 cm³/mol. The maximum atomic E-state index is 11.4. The van der Waals surface area contributed by atoms with E-state index in [1.807, 2.05) is 0 Å². The number of rotatable bonds is 5. The van der Waals surface area contributed by atoms with Crippen molar-refractivity contribution in [3.05, 3.63) is 18.2 Å². The summed E-state index contributed by atoms with van der Waals surface area (Å²) in [5, 5.41) is 5.10. The summed E-state index contributed by atoms with van der Waals surface area (Å²) in [6, 6.07) is 5.13. The summed E-state index contributed by atoms with van der Waals surface area (Å²) in [4.78, 5) is 2.22. The van der Waals surface area contributed by atoms with E-state index in [1.54, 1.807) is 12.1 Å². The Labute approximate surface area is 119 Å². The monoisotopic (exact) mass is 299 g/mol. The smallest absolute Gasteiger partial charge is 0.240 e. The van der Waals surface area contributed by atoms with Gasteiger partial charge in [-0.05, 0) is 45.0 Å². The Kier molecular flexibility index (Phi) is 4.52. The minimum absolute atomic E-state index is 0.0785. The molecule has 0 radical (unpaired) electrons. The van der Waals surface area contributed by atoms with Crippen molar-refractivity contribution in [2.75, 3.05) is 25.9 Å². The molecule has 6 nitrogen and oxygen atoms in total. The highest BCUT2D eigenvalue weighted by atomic mass is 32.2. The molecule has 1 heterocycles. The van der Waals surface area contributed by atoms with Gasteiger partial charge < -0.3 is 15.4 Å². The van der Waals surface area contributed by atoms with Gasteiger partial charge in [-0.2, -0.15) is 0 Å². The number of sulfonamides is 1. The van der Waals surface area contributed by atoms with Gasteiger partial charge in [0.05, 0.1) is 12.3 Å². The van der Waals surface area contributed by atoms with E-state index >= 15 is 0 Å². The third-order valence-electron chi connectivity index (χ3n) is 3.71. The van der Waals surface area contributed by atoms with E-state index in [0.29, 0.717) is 18.4 Å². The normalized spacial score (nSPS) is 20.2. The first kappa shape index (κ1) is 15.1. The van der Waals surface area contributed by atoms with Crippen LogP contribution in [0.5, 0.6) is 5.75 Å². The van der Waals surface area contributed by atoms with Gasteiger partial charge in [-0.1, -0.05) is 6.07 Å². The second-order valence-electron chi connectivity index (χ2n) is 5.13. The van der Waals surface area contributed by atoms with E-state index < -0.39 is 10.0 Å². The molecule has 1 aliphatic rings. The van der Waals surface area contributed by atoms with Gasteiger partial charge in [-0.25, -0.2) is 13.6 Å². The van der Waals surface area contributed by atoms with Gasteiger partial charge in [0.15, 0.2) is 0 Å². The number of nitrogens with zero attached hydrogens (tertiary/aromatic N) is 1. The average molecular weight is 299 g/mol. The van der Waals surface area contributed by atoms with Crippen molar-refractivity contribution in [1.82, 2.24) is 4.90 Å². The van der Waals surface area contributed by atoms with E-state index in [-0.39, 0.29) is 10.6 Å². The molecule has 1 unspecified atom stereocenters. The quantitative estimate of drug-likeness (QED) is 0.783. The lowest BCUT2D eigenvalue weighted by Crippen LogP contribution is -2.26. The van der Waals surface area contributed by atoms with E-state index in [9.17, 15) is 8.42 Å². The summed E-state index contributed by atoms with van der Waals surface area (Å²) in [5.41, 5.74) is 5.87.